The van der Waals surface area contributed by atoms with Gasteiger partial charge in [-0.25, -0.2) is 0 Å². The van der Waals surface area contributed by atoms with Crippen LogP contribution in [0.25, 0.3) is 0 Å². The number of hydrogen-bond acceptors (Lipinski definition) is 1. The van der Waals surface area contributed by atoms with E-state index in [0.717, 1.165) is 25.9 Å². The largest absolute Gasteiger partial charge is 0.633 e. The van der Waals surface area contributed by atoms with Crippen LogP contribution in [0.5, 0.6) is 0 Å². The predicted molar refractivity (Wildman–Crippen MR) is 123 cm³/mol. The predicted octanol–water partition coefficient (Wildman–Crippen LogP) is 8.77. The monoisotopic (exact) mass is 383 g/mol. The Morgan fingerprint density at radius 2 is 0.630 bits per heavy atom. The van der Waals surface area contributed by atoms with Crippen LogP contribution in [0.15, 0.2) is 0 Å². The molecule has 0 aliphatic heterocycles. The maximum atomic E-state index is 12.5. The van der Waals surface area contributed by atoms with Gasteiger partial charge < -0.3 is 9.85 Å². The van der Waals surface area contributed by atoms with E-state index in [-0.39, 0.29) is 4.65 Å². The topological polar surface area (TPSA) is 23.1 Å². The van der Waals surface area contributed by atoms with Crippen LogP contribution in [0.3, 0.4) is 0 Å². The third kappa shape index (κ3) is 22.1. The van der Waals surface area contributed by atoms with Crippen molar-refractivity contribution in [1.29, 1.82) is 0 Å². The summed E-state index contributed by atoms with van der Waals surface area (Å²) in [6.45, 7) is 6.20. The Kier molecular flexibility index (Phi) is 20.6. The summed E-state index contributed by atoms with van der Waals surface area (Å²) in [6.07, 6.45) is 26.9. The van der Waals surface area contributed by atoms with Gasteiger partial charge in [0.1, 0.15) is 0 Å². The molecule has 0 spiro atoms. The molecule has 2 heteroatoms. The fourth-order valence-electron chi connectivity index (χ4n) is 3.98. The number of quaternary nitrogens is 1. The summed E-state index contributed by atoms with van der Waals surface area (Å²) in [4.78, 5) is 0. The van der Waals surface area contributed by atoms with Crippen molar-refractivity contribution in [3.63, 3.8) is 0 Å². The third-order valence-electron chi connectivity index (χ3n) is 5.97. The smallest absolute Gasteiger partial charge is 0.0781 e. The first-order valence-electron chi connectivity index (χ1n) is 12.7. The number of hydroxylamine groups is 3. The van der Waals surface area contributed by atoms with Gasteiger partial charge in [0.05, 0.1) is 20.1 Å². The SMILES string of the molecule is CCCCCCCCCCCCCC[N+](C)([O-])CCCCCCCCCC. The number of rotatable bonds is 22. The summed E-state index contributed by atoms with van der Waals surface area (Å²) < 4.78 is -0.00635. The molecule has 0 aliphatic carbocycles. The molecule has 0 saturated heterocycles. The van der Waals surface area contributed by atoms with Crippen molar-refractivity contribution in [3.05, 3.63) is 5.21 Å². The number of unbranched alkanes of at least 4 members (excludes halogenated alkanes) is 18. The van der Waals surface area contributed by atoms with Gasteiger partial charge in [0.15, 0.2) is 0 Å². The normalized spacial score (nSPS) is 13.8. The molecule has 0 radical (unpaired) electrons. The van der Waals surface area contributed by atoms with E-state index < -0.39 is 0 Å². The Balaban J connectivity index is 3.30. The van der Waals surface area contributed by atoms with Crippen molar-refractivity contribution >= 4 is 0 Å². The third-order valence-corrected chi connectivity index (χ3v) is 5.97. The highest BCUT2D eigenvalue weighted by atomic mass is 16.5. The molecule has 0 rings (SSSR count). The Labute approximate surface area is 172 Å². The van der Waals surface area contributed by atoms with Crippen molar-refractivity contribution in [1.82, 2.24) is 0 Å². The van der Waals surface area contributed by atoms with Gasteiger partial charge in [0.2, 0.25) is 0 Å². The van der Waals surface area contributed by atoms with E-state index >= 15 is 0 Å². The molecule has 1 atom stereocenters. The first kappa shape index (κ1) is 26.9. The zero-order valence-electron chi connectivity index (χ0n) is 19.4. The molecule has 0 bridgehead atoms. The van der Waals surface area contributed by atoms with Crippen molar-refractivity contribution in [2.24, 2.45) is 0 Å². The van der Waals surface area contributed by atoms with Crippen LogP contribution < -0.4 is 0 Å². The number of hydrogen-bond donors (Lipinski definition) is 0. The minimum atomic E-state index is -0.00635. The van der Waals surface area contributed by atoms with E-state index in [1.54, 1.807) is 0 Å². The Bertz CT molecular complexity index is 277. The summed E-state index contributed by atoms with van der Waals surface area (Å²) in [5.41, 5.74) is 0. The second kappa shape index (κ2) is 20.6. The second-order valence-electron chi connectivity index (χ2n) is 9.11. The quantitative estimate of drug-likeness (QED) is 0.104. The first-order chi connectivity index (χ1) is 13.1. The van der Waals surface area contributed by atoms with Crippen molar-refractivity contribution in [2.45, 2.75) is 142 Å². The lowest BCUT2D eigenvalue weighted by molar-refractivity contribution is -0.861. The molecule has 0 aromatic heterocycles. The van der Waals surface area contributed by atoms with E-state index in [4.69, 9.17) is 0 Å². The van der Waals surface area contributed by atoms with Gasteiger partial charge in [-0.15, -0.1) is 0 Å². The second-order valence-corrected chi connectivity index (χ2v) is 9.11. The summed E-state index contributed by atoms with van der Waals surface area (Å²) in [5.74, 6) is 0. The summed E-state index contributed by atoms with van der Waals surface area (Å²) in [6, 6.07) is 0. The lowest BCUT2D eigenvalue weighted by Gasteiger charge is -2.39. The van der Waals surface area contributed by atoms with Gasteiger partial charge in [-0.3, -0.25) is 0 Å². The zero-order chi connectivity index (χ0) is 20.1. The van der Waals surface area contributed by atoms with Gasteiger partial charge in [-0.1, -0.05) is 117 Å². The molecule has 1 unspecified atom stereocenters. The van der Waals surface area contributed by atoms with E-state index in [0.29, 0.717) is 0 Å². The molecule has 0 heterocycles. The average molecular weight is 384 g/mol. The van der Waals surface area contributed by atoms with Gasteiger partial charge in [-0.05, 0) is 25.7 Å². The molecule has 27 heavy (non-hydrogen) atoms. The molecular weight excluding hydrogens is 330 g/mol. The van der Waals surface area contributed by atoms with Crippen LogP contribution in [0.2, 0.25) is 0 Å². The Morgan fingerprint density at radius 1 is 0.407 bits per heavy atom. The molecule has 0 saturated carbocycles. The Morgan fingerprint density at radius 3 is 0.889 bits per heavy atom. The molecular formula is C25H53NO. The average Bonchev–Trinajstić information content (AvgIpc) is 2.64. The molecule has 0 aliphatic rings. The van der Waals surface area contributed by atoms with Crippen LogP contribution in [-0.2, 0) is 0 Å². The van der Waals surface area contributed by atoms with Crippen molar-refractivity contribution < 1.29 is 4.65 Å². The van der Waals surface area contributed by atoms with E-state index in [2.05, 4.69) is 13.8 Å². The minimum absolute atomic E-state index is 0.00635. The van der Waals surface area contributed by atoms with Gasteiger partial charge >= 0.3 is 0 Å². The molecule has 0 fully saturated rings. The molecule has 2 nitrogen and oxygen atoms in total. The molecule has 0 amide bonds. The van der Waals surface area contributed by atoms with E-state index in [9.17, 15) is 5.21 Å². The zero-order valence-corrected chi connectivity index (χ0v) is 19.4. The minimum Gasteiger partial charge on any atom is -0.633 e. The van der Waals surface area contributed by atoms with Crippen LogP contribution in [0.1, 0.15) is 142 Å². The van der Waals surface area contributed by atoms with Crippen molar-refractivity contribution in [3.8, 4) is 0 Å². The van der Waals surface area contributed by atoms with Gasteiger partial charge in [0.25, 0.3) is 0 Å². The van der Waals surface area contributed by atoms with Crippen LogP contribution in [0.4, 0.5) is 0 Å². The van der Waals surface area contributed by atoms with Crippen LogP contribution in [-0.4, -0.2) is 24.8 Å². The molecule has 0 aromatic rings. The maximum Gasteiger partial charge on any atom is 0.0781 e. The number of nitrogens with zero attached hydrogens (tertiary/aromatic N) is 1. The molecule has 0 aromatic carbocycles. The summed E-state index contributed by atoms with van der Waals surface area (Å²) >= 11 is 0. The van der Waals surface area contributed by atoms with Crippen LogP contribution in [0, 0.1) is 5.21 Å². The first-order valence-corrected chi connectivity index (χ1v) is 12.7. The van der Waals surface area contributed by atoms with E-state index in [1.165, 1.54) is 116 Å². The van der Waals surface area contributed by atoms with E-state index in [1.807, 2.05) is 7.05 Å². The molecule has 0 N–H and O–H groups in total. The summed E-state index contributed by atoms with van der Waals surface area (Å²) in [5, 5.41) is 12.5. The lowest BCUT2D eigenvalue weighted by Crippen LogP contribution is -2.39. The standard InChI is InChI=1S/C25H53NO/c1-4-6-8-10-12-14-15-16-17-19-21-23-25-26(3,27)24-22-20-18-13-11-9-7-5-2/h4-25H2,1-3H3. The molecule has 164 valence electrons. The summed E-state index contributed by atoms with van der Waals surface area (Å²) in [7, 11) is 1.89. The van der Waals surface area contributed by atoms with Crippen LogP contribution >= 0.6 is 0 Å². The maximum absolute atomic E-state index is 12.5. The fraction of sp³-hybridized carbons (Fsp3) is 1.00. The van der Waals surface area contributed by atoms with Crippen molar-refractivity contribution in [2.75, 3.05) is 20.1 Å². The highest BCUT2D eigenvalue weighted by Gasteiger charge is 2.09. The highest BCUT2D eigenvalue weighted by molar-refractivity contribution is 4.50. The lowest BCUT2D eigenvalue weighted by atomic mass is 10.1. The highest BCUT2D eigenvalue weighted by Crippen LogP contribution is 2.14. The van der Waals surface area contributed by atoms with Gasteiger partial charge in [0, 0.05) is 0 Å². The Hall–Kier alpha value is -0.0800. The fourth-order valence-corrected chi connectivity index (χ4v) is 3.98. The van der Waals surface area contributed by atoms with Gasteiger partial charge in [-0.2, -0.15) is 0 Å².